The minimum absolute atomic E-state index is 0.110. The van der Waals surface area contributed by atoms with E-state index in [-0.39, 0.29) is 11.4 Å². The molecule has 0 radical (unpaired) electrons. The van der Waals surface area contributed by atoms with E-state index in [2.05, 4.69) is 28.8 Å². The molecule has 1 aliphatic carbocycles. The number of hydrogen-bond acceptors (Lipinski definition) is 2. The molecule has 2 rings (SSSR count). The van der Waals surface area contributed by atoms with Crippen LogP contribution in [0.5, 0.6) is 0 Å². The Kier molecular flexibility index (Phi) is 4.81. The van der Waals surface area contributed by atoms with E-state index >= 15 is 0 Å². The second-order valence-electron chi connectivity index (χ2n) is 6.68. The van der Waals surface area contributed by atoms with Crippen molar-refractivity contribution in [1.29, 1.82) is 0 Å². The van der Waals surface area contributed by atoms with Crippen LogP contribution < -0.4 is 10.6 Å². The summed E-state index contributed by atoms with van der Waals surface area (Å²) >= 11 is 0. The topological polar surface area (TPSA) is 41.1 Å². The first-order chi connectivity index (χ1) is 9.44. The summed E-state index contributed by atoms with van der Waals surface area (Å²) in [5.41, 5.74) is 4.20. The Morgan fingerprint density at radius 2 is 1.95 bits per heavy atom. The van der Waals surface area contributed by atoms with Crippen LogP contribution in [-0.2, 0) is 24.2 Å². The molecule has 3 nitrogen and oxygen atoms in total. The van der Waals surface area contributed by atoms with Crippen LogP contribution in [0.2, 0.25) is 0 Å². The number of fused-ring (bicyclic) bond motifs is 1. The van der Waals surface area contributed by atoms with Crippen LogP contribution in [0.15, 0.2) is 18.2 Å². The Labute approximate surface area is 122 Å². The molecule has 0 bridgehead atoms. The van der Waals surface area contributed by atoms with E-state index in [9.17, 15) is 4.79 Å². The van der Waals surface area contributed by atoms with Gasteiger partial charge in [-0.1, -0.05) is 18.2 Å². The SMILES string of the molecule is CC(C)(C)NC(=O)CCNCc1ccc2c(c1)CCC2. The second kappa shape index (κ2) is 6.40. The smallest absolute Gasteiger partial charge is 0.221 e. The summed E-state index contributed by atoms with van der Waals surface area (Å²) in [6.45, 7) is 7.57. The Balaban J connectivity index is 1.70. The van der Waals surface area contributed by atoms with Crippen LogP contribution in [-0.4, -0.2) is 18.0 Å². The highest BCUT2D eigenvalue weighted by atomic mass is 16.1. The third kappa shape index (κ3) is 4.64. The maximum absolute atomic E-state index is 11.7. The van der Waals surface area contributed by atoms with Gasteiger partial charge >= 0.3 is 0 Å². The van der Waals surface area contributed by atoms with E-state index in [1.54, 1.807) is 0 Å². The van der Waals surface area contributed by atoms with E-state index in [0.717, 1.165) is 13.1 Å². The van der Waals surface area contributed by atoms with Gasteiger partial charge in [-0.2, -0.15) is 0 Å². The molecule has 0 saturated heterocycles. The van der Waals surface area contributed by atoms with Crippen molar-refractivity contribution in [3.63, 3.8) is 0 Å². The molecule has 0 spiro atoms. The molecular formula is C17H26N2O. The van der Waals surface area contributed by atoms with Crippen molar-refractivity contribution in [3.8, 4) is 0 Å². The highest BCUT2D eigenvalue weighted by Gasteiger charge is 2.13. The van der Waals surface area contributed by atoms with Crippen molar-refractivity contribution >= 4 is 5.91 Å². The molecule has 1 aromatic carbocycles. The van der Waals surface area contributed by atoms with Gasteiger partial charge in [-0.05, 0) is 56.7 Å². The first-order valence-electron chi connectivity index (χ1n) is 7.56. The molecule has 2 N–H and O–H groups in total. The van der Waals surface area contributed by atoms with E-state index in [0.29, 0.717) is 6.42 Å². The fraction of sp³-hybridized carbons (Fsp3) is 0.588. The molecule has 0 heterocycles. The van der Waals surface area contributed by atoms with Gasteiger partial charge in [0.1, 0.15) is 0 Å². The number of aryl methyl sites for hydroxylation is 2. The monoisotopic (exact) mass is 274 g/mol. The third-order valence-corrected chi connectivity index (χ3v) is 3.54. The molecule has 0 aromatic heterocycles. The summed E-state index contributed by atoms with van der Waals surface area (Å²) in [4.78, 5) is 11.7. The van der Waals surface area contributed by atoms with Crippen molar-refractivity contribution in [1.82, 2.24) is 10.6 Å². The minimum atomic E-state index is -0.142. The average molecular weight is 274 g/mol. The first-order valence-corrected chi connectivity index (χ1v) is 7.56. The lowest BCUT2D eigenvalue weighted by Crippen LogP contribution is -2.41. The van der Waals surface area contributed by atoms with Gasteiger partial charge in [0, 0.05) is 25.0 Å². The largest absolute Gasteiger partial charge is 0.351 e. The zero-order valence-electron chi connectivity index (χ0n) is 12.9. The summed E-state index contributed by atoms with van der Waals surface area (Å²) in [6, 6.07) is 6.77. The van der Waals surface area contributed by atoms with Crippen LogP contribution in [0.25, 0.3) is 0 Å². The Morgan fingerprint density at radius 1 is 1.20 bits per heavy atom. The summed E-state index contributed by atoms with van der Waals surface area (Å²) < 4.78 is 0. The molecule has 0 unspecified atom stereocenters. The van der Waals surface area contributed by atoms with Gasteiger partial charge in [-0.15, -0.1) is 0 Å². The van der Waals surface area contributed by atoms with E-state index in [4.69, 9.17) is 0 Å². The van der Waals surface area contributed by atoms with Crippen molar-refractivity contribution in [2.45, 2.75) is 58.5 Å². The van der Waals surface area contributed by atoms with E-state index in [1.165, 1.54) is 36.0 Å². The molecular weight excluding hydrogens is 248 g/mol. The number of carbonyl (C=O) groups is 1. The number of carbonyl (C=O) groups excluding carboxylic acids is 1. The summed E-state index contributed by atoms with van der Waals surface area (Å²) in [5.74, 6) is 0.110. The lowest BCUT2D eigenvalue weighted by atomic mass is 10.1. The minimum Gasteiger partial charge on any atom is -0.351 e. The van der Waals surface area contributed by atoms with Gasteiger partial charge in [-0.3, -0.25) is 4.79 Å². The van der Waals surface area contributed by atoms with E-state index < -0.39 is 0 Å². The number of amides is 1. The predicted molar refractivity (Wildman–Crippen MR) is 82.7 cm³/mol. The number of hydrogen-bond donors (Lipinski definition) is 2. The average Bonchev–Trinajstić information content (AvgIpc) is 2.79. The lowest BCUT2D eigenvalue weighted by molar-refractivity contribution is -0.122. The third-order valence-electron chi connectivity index (χ3n) is 3.54. The van der Waals surface area contributed by atoms with Gasteiger partial charge in [0.25, 0.3) is 0 Å². The summed E-state index contributed by atoms with van der Waals surface area (Å²) in [7, 11) is 0. The molecule has 110 valence electrons. The maximum atomic E-state index is 11.7. The quantitative estimate of drug-likeness (QED) is 0.810. The summed E-state index contributed by atoms with van der Waals surface area (Å²) in [5, 5.41) is 6.32. The summed E-state index contributed by atoms with van der Waals surface area (Å²) in [6.07, 6.45) is 4.27. The van der Waals surface area contributed by atoms with Gasteiger partial charge in [0.05, 0.1) is 0 Å². The molecule has 1 amide bonds. The standard InChI is InChI=1S/C17H26N2O/c1-17(2,3)19-16(20)9-10-18-12-13-7-8-14-5-4-6-15(14)11-13/h7-8,11,18H,4-6,9-10,12H2,1-3H3,(H,19,20). The highest BCUT2D eigenvalue weighted by molar-refractivity contribution is 5.76. The number of nitrogens with one attached hydrogen (secondary N) is 2. The van der Waals surface area contributed by atoms with Crippen molar-refractivity contribution in [2.24, 2.45) is 0 Å². The molecule has 20 heavy (non-hydrogen) atoms. The van der Waals surface area contributed by atoms with Gasteiger partial charge in [0.2, 0.25) is 5.91 Å². The van der Waals surface area contributed by atoms with Crippen LogP contribution in [0.4, 0.5) is 0 Å². The normalized spacial score (nSPS) is 14.2. The highest BCUT2D eigenvalue weighted by Crippen LogP contribution is 2.22. The van der Waals surface area contributed by atoms with Crippen molar-refractivity contribution in [3.05, 3.63) is 34.9 Å². The first kappa shape index (κ1) is 15.0. The molecule has 3 heteroatoms. The molecule has 0 aliphatic heterocycles. The van der Waals surface area contributed by atoms with Crippen LogP contribution in [0, 0.1) is 0 Å². The Bertz CT molecular complexity index is 474. The fourth-order valence-electron chi connectivity index (χ4n) is 2.65. The van der Waals surface area contributed by atoms with Gasteiger partial charge < -0.3 is 10.6 Å². The molecule has 0 atom stereocenters. The molecule has 0 saturated carbocycles. The number of benzene rings is 1. The second-order valence-corrected chi connectivity index (χ2v) is 6.68. The van der Waals surface area contributed by atoms with E-state index in [1.807, 2.05) is 20.8 Å². The van der Waals surface area contributed by atoms with Crippen LogP contribution >= 0.6 is 0 Å². The Morgan fingerprint density at radius 3 is 2.70 bits per heavy atom. The van der Waals surface area contributed by atoms with Crippen molar-refractivity contribution in [2.75, 3.05) is 6.54 Å². The van der Waals surface area contributed by atoms with Crippen LogP contribution in [0.3, 0.4) is 0 Å². The molecule has 0 fully saturated rings. The molecule has 1 aliphatic rings. The lowest BCUT2D eigenvalue weighted by Gasteiger charge is -2.20. The van der Waals surface area contributed by atoms with Crippen molar-refractivity contribution < 1.29 is 4.79 Å². The zero-order chi connectivity index (χ0) is 14.6. The fourth-order valence-corrected chi connectivity index (χ4v) is 2.65. The zero-order valence-corrected chi connectivity index (χ0v) is 12.9. The van der Waals surface area contributed by atoms with Gasteiger partial charge in [0.15, 0.2) is 0 Å². The predicted octanol–water partition coefficient (Wildman–Crippen LogP) is 2.57. The Hall–Kier alpha value is -1.35. The number of rotatable bonds is 5. The van der Waals surface area contributed by atoms with Gasteiger partial charge in [-0.25, -0.2) is 0 Å². The maximum Gasteiger partial charge on any atom is 0.221 e. The molecule has 1 aromatic rings. The van der Waals surface area contributed by atoms with Crippen LogP contribution in [0.1, 0.15) is 50.3 Å².